The Morgan fingerprint density at radius 1 is 1.57 bits per heavy atom. The van der Waals surface area contributed by atoms with E-state index < -0.39 is 5.97 Å². The lowest BCUT2D eigenvalue weighted by Gasteiger charge is -2.05. The molecule has 5 heteroatoms. The molecule has 0 aliphatic heterocycles. The summed E-state index contributed by atoms with van der Waals surface area (Å²) in [5.74, 6) is 0.0561. The van der Waals surface area contributed by atoms with Crippen molar-refractivity contribution in [3.05, 3.63) is 11.4 Å². The number of esters is 1. The van der Waals surface area contributed by atoms with Crippen molar-refractivity contribution < 1.29 is 9.53 Å². The van der Waals surface area contributed by atoms with Gasteiger partial charge in [-0.3, -0.25) is 0 Å². The fraction of sp³-hybridized carbons (Fsp3) is 0.667. The Labute approximate surface area is 82.8 Å². The van der Waals surface area contributed by atoms with Crippen LogP contribution in [0, 0.1) is 5.92 Å². The van der Waals surface area contributed by atoms with Gasteiger partial charge in [-0.2, -0.15) is 10.3 Å². The van der Waals surface area contributed by atoms with Crippen LogP contribution < -0.4 is 0 Å². The van der Waals surface area contributed by atoms with Crippen molar-refractivity contribution in [1.29, 1.82) is 0 Å². The van der Waals surface area contributed by atoms with Crippen LogP contribution in [-0.2, 0) is 11.2 Å². The van der Waals surface area contributed by atoms with Gasteiger partial charge in [0, 0.05) is 0 Å². The van der Waals surface area contributed by atoms with E-state index in [9.17, 15) is 4.79 Å². The molecule has 0 radical (unpaired) electrons. The third-order valence-electron chi connectivity index (χ3n) is 2.24. The summed E-state index contributed by atoms with van der Waals surface area (Å²) in [5, 5.41) is 10.1. The van der Waals surface area contributed by atoms with E-state index in [1.807, 2.05) is 0 Å². The Morgan fingerprint density at radius 2 is 2.29 bits per heavy atom. The van der Waals surface area contributed by atoms with Gasteiger partial charge in [0.1, 0.15) is 0 Å². The third-order valence-corrected chi connectivity index (χ3v) is 2.24. The summed E-state index contributed by atoms with van der Waals surface area (Å²) in [6, 6.07) is 0. The van der Waals surface area contributed by atoms with Crippen LogP contribution in [0.4, 0.5) is 0 Å². The number of hydrogen-bond acceptors (Lipinski definition) is 4. The minimum Gasteiger partial charge on any atom is -0.464 e. The molecule has 0 saturated heterocycles. The summed E-state index contributed by atoms with van der Waals surface area (Å²) < 4.78 is 4.59. The van der Waals surface area contributed by atoms with Crippen molar-refractivity contribution in [2.75, 3.05) is 7.11 Å². The van der Waals surface area contributed by atoms with Crippen molar-refractivity contribution in [3.63, 3.8) is 0 Å². The number of carbonyl (C=O) groups excluding carboxylic acids is 1. The van der Waals surface area contributed by atoms with E-state index in [1.54, 1.807) is 0 Å². The highest BCUT2D eigenvalue weighted by Gasteiger charge is 2.17. The number of aromatic nitrogens is 3. The first kappa shape index (κ1) is 10.7. The molecule has 1 rings (SSSR count). The highest BCUT2D eigenvalue weighted by atomic mass is 16.5. The molecule has 1 unspecified atom stereocenters. The molecule has 0 saturated carbocycles. The Morgan fingerprint density at radius 3 is 2.86 bits per heavy atom. The summed E-state index contributed by atoms with van der Waals surface area (Å²) in [6.45, 7) is 4.21. The monoisotopic (exact) mass is 197 g/mol. The average Bonchev–Trinajstić information content (AvgIpc) is 2.64. The molecule has 1 atom stereocenters. The largest absolute Gasteiger partial charge is 0.464 e. The van der Waals surface area contributed by atoms with Crippen molar-refractivity contribution in [1.82, 2.24) is 15.4 Å². The van der Waals surface area contributed by atoms with Crippen molar-refractivity contribution >= 4 is 5.97 Å². The van der Waals surface area contributed by atoms with Gasteiger partial charge in [-0.1, -0.05) is 20.3 Å². The molecule has 0 aromatic carbocycles. The number of rotatable bonds is 4. The van der Waals surface area contributed by atoms with E-state index >= 15 is 0 Å². The lowest BCUT2D eigenvalue weighted by Crippen LogP contribution is -2.08. The minimum absolute atomic E-state index is 0.299. The number of hydrogen-bond donors (Lipinski definition) is 1. The van der Waals surface area contributed by atoms with Crippen molar-refractivity contribution in [2.45, 2.75) is 26.7 Å². The van der Waals surface area contributed by atoms with Crippen molar-refractivity contribution in [3.8, 4) is 0 Å². The number of H-pyrrole nitrogens is 1. The van der Waals surface area contributed by atoms with Crippen LogP contribution in [-0.4, -0.2) is 28.5 Å². The minimum atomic E-state index is -0.433. The molecule has 1 aromatic rings. The molecule has 1 heterocycles. The summed E-state index contributed by atoms with van der Waals surface area (Å²) in [4.78, 5) is 11.2. The normalized spacial score (nSPS) is 12.5. The van der Waals surface area contributed by atoms with Gasteiger partial charge in [-0.15, -0.1) is 5.10 Å². The first-order valence-corrected chi connectivity index (χ1v) is 4.67. The van der Waals surface area contributed by atoms with Gasteiger partial charge in [0.25, 0.3) is 0 Å². The smallest absolute Gasteiger partial charge is 0.360 e. The van der Waals surface area contributed by atoms with Crippen LogP contribution in [0.1, 0.15) is 36.5 Å². The molecule has 14 heavy (non-hydrogen) atoms. The van der Waals surface area contributed by atoms with E-state index in [2.05, 4.69) is 34.0 Å². The van der Waals surface area contributed by atoms with Gasteiger partial charge in [0.2, 0.25) is 0 Å². The predicted octanol–water partition coefficient (Wildman–Crippen LogP) is 1.18. The van der Waals surface area contributed by atoms with E-state index in [0.29, 0.717) is 17.3 Å². The van der Waals surface area contributed by atoms with Gasteiger partial charge in [0.15, 0.2) is 5.69 Å². The van der Waals surface area contributed by atoms with Crippen LogP contribution in [0.2, 0.25) is 0 Å². The highest BCUT2D eigenvalue weighted by molar-refractivity contribution is 5.88. The van der Waals surface area contributed by atoms with Gasteiger partial charge in [-0.05, 0) is 12.3 Å². The zero-order chi connectivity index (χ0) is 10.6. The molecule has 0 bridgehead atoms. The molecule has 0 aliphatic rings. The number of ether oxygens (including phenoxy) is 1. The number of methoxy groups -OCH3 is 1. The molecular formula is C9H15N3O2. The van der Waals surface area contributed by atoms with Crippen LogP contribution in [0.15, 0.2) is 0 Å². The zero-order valence-corrected chi connectivity index (χ0v) is 8.70. The zero-order valence-electron chi connectivity index (χ0n) is 8.70. The molecule has 1 N–H and O–H groups in total. The van der Waals surface area contributed by atoms with Gasteiger partial charge in [-0.25, -0.2) is 4.79 Å². The summed E-state index contributed by atoms with van der Waals surface area (Å²) in [7, 11) is 1.34. The molecule has 0 aliphatic carbocycles. The standard InChI is InChI=1S/C9H15N3O2/c1-4-6(2)5-7-8(9(13)14-3)11-12-10-7/h6H,4-5H2,1-3H3,(H,10,11,12). The Bertz CT molecular complexity index is 309. The SMILES string of the molecule is CCC(C)Cc1n[nH]nc1C(=O)OC. The second kappa shape index (κ2) is 4.74. The molecule has 0 spiro atoms. The van der Waals surface area contributed by atoms with E-state index in [-0.39, 0.29) is 0 Å². The van der Waals surface area contributed by atoms with Gasteiger partial charge < -0.3 is 4.74 Å². The van der Waals surface area contributed by atoms with E-state index in [0.717, 1.165) is 12.8 Å². The summed E-state index contributed by atoms with van der Waals surface area (Å²) in [6.07, 6.45) is 1.80. The quantitative estimate of drug-likeness (QED) is 0.736. The maximum atomic E-state index is 11.2. The van der Waals surface area contributed by atoms with E-state index in [4.69, 9.17) is 0 Å². The average molecular weight is 197 g/mol. The lowest BCUT2D eigenvalue weighted by atomic mass is 10.0. The van der Waals surface area contributed by atoms with Gasteiger partial charge in [0.05, 0.1) is 12.8 Å². The predicted molar refractivity (Wildman–Crippen MR) is 50.9 cm³/mol. The van der Waals surface area contributed by atoms with Crippen LogP contribution in [0.25, 0.3) is 0 Å². The van der Waals surface area contributed by atoms with Crippen molar-refractivity contribution in [2.24, 2.45) is 5.92 Å². The van der Waals surface area contributed by atoms with Gasteiger partial charge >= 0.3 is 5.97 Å². The summed E-state index contributed by atoms with van der Waals surface area (Å²) in [5.41, 5.74) is 0.985. The fourth-order valence-electron chi connectivity index (χ4n) is 1.13. The van der Waals surface area contributed by atoms with Crippen LogP contribution >= 0.6 is 0 Å². The first-order chi connectivity index (χ1) is 6.69. The molecule has 5 nitrogen and oxygen atoms in total. The summed E-state index contributed by atoms with van der Waals surface area (Å²) >= 11 is 0. The number of carbonyl (C=O) groups is 1. The van der Waals surface area contributed by atoms with Crippen LogP contribution in [0.5, 0.6) is 0 Å². The number of nitrogens with one attached hydrogen (secondary N) is 1. The second-order valence-electron chi connectivity index (χ2n) is 3.33. The highest BCUT2D eigenvalue weighted by Crippen LogP contribution is 2.12. The van der Waals surface area contributed by atoms with E-state index in [1.165, 1.54) is 7.11 Å². The molecule has 0 amide bonds. The Hall–Kier alpha value is -1.39. The van der Waals surface area contributed by atoms with Crippen LogP contribution in [0.3, 0.4) is 0 Å². The lowest BCUT2D eigenvalue weighted by molar-refractivity contribution is 0.0592. The third kappa shape index (κ3) is 2.31. The first-order valence-electron chi connectivity index (χ1n) is 4.67. The Balaban J connectivity index is 2.77. The number of nitrogens with zero attached hydrogens (tertiary/aromatic N) is 2. The molecule has 0 fully saturated rings. The second-order valence-corrected chi connectivity index (χ2v) is 3.33. The molecular weight excluding hydrogens is 182 g/mol. The Kier molecular flexibility index (Phi) is 3.62. The number of aromatic amines is 1. The molecule has 78 valence electrons. The maximum absolute atomic E-state index is 11.2. The molecule has 1 aromatic heterocycles. The maximum Gasteiger partial charge on any atom is 0.360 e. The fourth-order valence-corrected chi connectivity index (χ4v) is 1.13. The topological polar surface area (TPSA) is 67.9 Å².